The van der Waals surface area contributed by atoms with Crippen LogP contribution in [0.3, 0.4) is 0 Å². The van der Waals surface area contributed by atoms with Gasteiger partial charge in [-0.25, -0.2) is 4.79 Å². The lowest BCUT2D eigenvalue weighted by Crippen LogP contribution is -2.43. The highest BCUT2D eigenvalue weighted by Crippen LogP contribution is 2.35. The number of hydrogen-bond donors (Lipinski definition) is 4. The van der Waals surface area contributed by atoms with Crippen molar-refractivity contribution < 1.29 is 32.9 Å². The van der Waals surface area contributed by atoms with Gasteiger partial charge in [0.2, 0.25) is 0 Å². The summed E-state index contributed by atoms with van der Waals surface area (Å²) >= 11 is 0. The molecule has 0 unspecified atom stereocenters. The van der Waals surface area contributed by atoms with E-state index in [0.717, 1.165) is 22.9 Å². The van der Waals surface area contributed by atoms with Crippen molar-refractivity contribution in [1.82, 2.24) is 14.9 Å². The first kappa shape index (κ1) is 19.9. The van der Waals surface area contributed by atoms with Gasteiger partial charge in [-0.05, 0) is 6.08 Å². The number of carbonyl (C=O) groups excluding carboxylic acids is 1. The first-order chi connectivity index (χ1) is 12.1. The number of alkyl halides is 3. The van der Waals surface area contributed by atoms with Gasteiger partial charge in [0.15, 0.2) is 5.72 Å². The third-order valence-electron chi connectivity index (χ3n) is 3.71. The predicted molar refractivity (Wildman–Crippen MR) is 80.1 cm³/mol. The second-order valence-electron chi connectivity index (χ2n) is 5.55. The van der Waals surface area contributed by atoms with E-state index in [9.17, 15) is 37.8 Å². The Morgan fingerprint density at radius 1 is 1.50 bits per heavy atom. The summed E-state index contributed by atoms with van der Waals surface area (Å²) in [5.41, 5.74) is -3.22. The van der Waals surface area contributed by atoms with Crippen LogP contribution in [-0.4, -0.2) is 57.2 Å². The van der Waals surface area contributed by atoms with Gasteiger partial charge >= 0.3 is 17.8 Å². The summed E-state index contributed by atoms with van der Waals surface area (Å²) in [5.74, 6) is -2.14. The fourth-order valence-electron chi connectivity index (χ4n) is 2.53. The normalized spacial score (nSPS) is 26.3. The van der Waals surface area contributed by atoms with Crippen molar-refractivity contribution in [3.05, 3.63) is 45.3 Å². The predicted octanol–water partition coefficient (Wildman–Crippen LogP) is -1.43. The number of carbonyl (C=O) groups is 1. The van der Waals surface area contributed by atoms with Crippen molar-refractivity contribution in [2.24, 2.45) is 0 Å². The fourth-order valence-corrected chi connectivity index (χ4v) is 2.53. The Bertz CT molecular complexity index is 802. The van der Waals surface area contributed by atoms with Crippen LogP contribution in [0.1, 0.15) is 6.42 Å². The van der Waals surface area contributed by atoms with Gasteiger partial charge < -0.3 is 20.3 Å². The van der Waals surface area contributed by atoms with Crippen molar-refractivity contribution in [3.63, 3.8) is 0 Å². The number of halogens is 3. The van der Waals surface area contributed by atoms with Crippen molar-refractivity contribution in [3.8, 4) is 0 Å². The van der Waals surface area contributed by atoms with Crippen LogP contribution in [0.5, 0.6) is 0 Å². The van der Waals surface area contributed by atoms with Crippen molar-refractivity contribution in [2.75, 3.05) is 13.2 Å². The average Bonchev–Trinajstić information content (AvgIpc) is 2.87. The van der Waals surface area contributed by atoms with Crippen LogP contribution in [0.4, 0.5) is 13.2 Å². The lowest BCUT2D eigenvalue weighted by atomic mass is 10.1. The number of aromatic nitrogens is 2. The zero-order valence-electron chi connectivity index (χ0n) is 13.2. The Labute approximate surface area is 143 Å². The smallest absolute Gasteiger partial charge is 0.394 e. The molecule has 12 heteroatoms. The Morgan fingerprint density at radius 2 is 2.19 bits per heavy atom. The summed E-state index contributed by atoms with van der Waals surface area (Å²) in [6.45, 7) is -1.10. The number of rotatable bonds is 5. The molecule has 1 fully saturated rings. The van der Waals surface area contributed by atoms with Gasteiger partial charge in [-0.15, -0.1) is 0 Å². The van der Waals surface area contributed by atoms with Gasteiger partial charge in [0.1, 0.15) is 6.10 Å². The molecule has 144 valence electrons. The van der Waals surface area contributed by atoms with E-state index in [1.165, 1.54) is 6.08 Å². The minimum Gasteiger partial charge on any atom is -0.394 e. The molecule has 26 heavy (non-hydrogen) atoms. The van der Waals surface area contributed by atoms with Gasteiger partial charge in [-0.2, -0.15) is 13.2 Å². The minimum absolute atomic E-state index is 0.214. The van der Waals surface area contributed by atoms with Crippen LogP contribution in [-0.2, 0) is 15.3 Å². The van der Waals surface area contributed by atoms with Gasteiger partial charge in [0, 0.05) is 25.2 Å². The highest BCUT2D eigenvalue weighted by atomic mass is 19.4. The number of amides is 1. The molecule has 1 aliphatic rings. The Morgan fingerprint density at radius 3 is 2.73 bits per heavy atom. The summed E-state index contributed by atoms with van der Waals surface area (Å²) < 4.78 is 42.9. The molecule has 0 aromatic carbocycles. The molecular formula is C14H16F3N3O6. The van der Waals surface area contributed by atoms with Gasteiger partial charge in [-0.3, -0.25) is 19.1 Å². The van der Waals surface area contributed by atoms with Crippen LogP contribution >= 0.6 is 0 Å². The highest BCUT2D eigenvalue weighted by Gasteiger charge is 2.46. The SMILES string of the molecule is O=C(NC/C=C/[C@]1(n2ccc(=O)[nH]c2=O)C[C@H](O)[C@@H](CO)O1)C(F)(F)F. The van der Waals surface area contributed by atoms with Gasteiger partial charge in [-0.1, -0.05) is 6.08 Å². The third kappa shape index (κ3) is 4.20. The molecule has 2 heterocycles. The molecule has 0 radical (unpaired) electrons. The van der Waals surface area contributed by atoms with E-state index < -0.39 is 54.4 Å². The number of nitrogens with zero attached hydrogens (tertiary/aromatic N) is 1. The number of nitrogens with one attached hydrogen (secondary N) is 2. The van der Waals surface area contributed by atoms with E-state index in [-0.39, 0.29) is 6.42 Å². The molecule has 0 aliphatic carbocycles. The summed E-state index contributed by atoms with van der Waals surface area (Å²) in [7, 11) is 0. The molecule has 1 aliphatic heterocycles. The Hall–Kier alpha value is -2.44. The largest absolute Gasteiger partial charge is 0.471 e. The number of H-pyrrole nitrogens is 1. The molecule has 2 rings (SSSR count). The maximum absolute atomic E-state index is 12.2. The Balaban J connectivity index is 2.28. The lowest BCUT2D eigenvalue weighted by molar-refractivity contribution is -0.173. The first-order valence-electron chi connectivity index (χ1n) is 7.41. The van der Waals surface area contributed by atoms with E-state index in [2.05, 4.69) is 0 Å². The zero-order chi connectivity index (χ0) is 19.5. The number of ether oxygens (including phenoxy) is 1. The fraction of sp³-hybridized carbons (Fsp3) is 0.500. The van der Waals surface area contributed by atoms with E-state index in [1.807, 2.05) is 4.98 Å². The summed E-state index contributed by atoms with van der Waals surface area (Å²) in [4.78, 5) is 36.0. The van der Waals surface area contributed by atoms with Crippen LogP contribution in [0, 0.1) is 0 Å². The highest BCUT2D eigenvalue weighted by molar-refractivity contribution is 5.81. The number of aromatic amines is 1. The van der Waals surface area contributed by atoms with Crippen molar-refractivity contribution >= 4 is 5.91 Å². The standard InChI is InChI=1S/C14H16F3N3O6/c15-14(16,17)11(24)18-4-1-3-13(6-8(22)9(7-21)26-13)20-5-2-10(23)19-12(20)25/h1-3,5,8-9,21-22H,4,6-7H2,(H,18,24)(H,19,23,25)/b3-1+/t8-,9+,13+/m0/s1. The molecule has 0 saturated carbocycles. The van der Waals surface area contributed by atoms with E-state index in [0.29, 0.717) is 0 Å². The van der Waals surface area contributed by atoms with Gasteiger partial charge in [0.05, 0.1) is 12.7 Å². The van der Waals surface area contributed by atoms with Crippen LogP contribution in [0.15, 0.2) is 34.0 Å². The lowest BCUT2D eigenvalue weighted by Gasteiger charge is -2.27. The number of hydrogen-bond acceptors (Lipinski definition) is 6. The van der Waals surface area contributed by atoms with E-state index >= 15 is 0 Å². The maximum atomic E-state index is 12.2. The van der Waals surface area contributed by atoms with Crippen LogP contribution < -0.4 is 16.6 Å². The quantitative estimate of drug-likeness (QED) is 0.464. The molecule has 0 spiro atoms. The number of aliphatic hydroxyl groups is 2. The third-order valence-corrected chi connectivity index (χ3v) is 3.71. The van der Waals surface area contributed by atoms with Gasteiger partial charge in [0.25, 0.3) is 5.56 Å². The van der Waals surface area contributed by atoms with Crippen LogP contribution in [0.2, 0.25) is 0 Å². The maximum Gasteiger partial charge on any atom is 0.471 e. The molecule has 9 nitrogen and oxygen atoms in total. The second kappa shape index (κ2) is 7.43. The molecule has 0 bridgehead atoms. The van der Waals surface area contributed by atoms with Crippen molar-refractivity contribution in [1.29, 1.82) is 0 Å². The first-order valence-corrected chi connectivity index (χ1v) is 7.41. The molecule has 1 amide bonds. The summed E-state index contributed by atoms with van der Waals surface area (Å²) in [6.07, 6.45) is -4.11. The van der Waals surface area contributed by atoms with E-state index in [4.69, 9.17) is 4.74 Å². The minimum atomic E-state index is -5.04. The monoisotopic (exact) mass is 379 g/mol. The topological polar surface area (TPSA) is 134 Å². The second-order valence-corrected chi connectivity index (χ2v) is 5.55. The molecular weight excluding hydrogens is 363 g/mol. The summed E-state index contributed by atoms with van der Waals surface area (Å²) in [6, 6.07) is 1.02. The molecule has 1 aromatic heterocycles. The molecule has 1 saturated heterocycles. The summed E-state index contributed by atoms with van der Waals surface area (Å²) in [5, 5.41) is 20.8. The number of aliphatic hydroxyl groups excluding tert-OH is 2. The molecule has 1 aromatic rings. The molecule has 3 atom stereocenters. The Kier molecular flexibility index (Phi) is 5.68. The van der Waals surface area contributed by atoms with Crippen LogP contribution in [0.25, 0.3) is 0 Å². The van der Waals surface area contributed by atoms with Crippen molar-refractivity contribution in [2.45, 2.75) is 30.5 Å². The zero-order valence-corrected chi connectivity index (χ0v) is 13.2. The van der Waals surface area contributed by atoms with E-state index in [1.54, 1.807) is 5.32 Å². The average molecular weight is 379 g/mol. The molecule has 4 N–H and O–H groups in total.